The number of nitrogens with zero attached hydrogens (tertiary/aromatic N) is 5. The molecular weight excluding hydrogens is 354 g/mol. The third-order valence-electron chi connectivity index (χ3n) is 5.43. The monoisotopic (exact) mass is 377 g/mol. The quantitative estimate of drug-likeness (QED) is 0.753. The SMILES string of the molecule is Cc1ccnc(OC[C@H]2CCS(=O)(=O)C23CN(Cc2cnn(C)c2)C3)n1. The van der Waals surface area contributed by atoms with E-state index in [1.54, 1.807) is 16.9 Å². The Kier molecular flexibility index (Phi) is 4.23. The minimum Gasteiger partial charge on any atom is -0.463 e. The first-order chi connectivity index (χ1) is 12.4. The van der Waals surface area contributed by atoms with E-state index in [4.69, 9.17) is 4.74 Å². The molecule has 9 heteroatoms. The Hall–Kier alpha value is -2.00. The van der Waals surface area contributed by atoms with Gasteiger partial charge < -0.3 is 4.74 Å². The molecule has 4 heterocycles. The van der Waals surface area contributed by atoms with Crippen molar-refractivity contribution in [3.63, 3.8) is 0 Å². The number of aryl methyl sites for hydroxylation is 2. The van der Waals surface area contributed by atoms with Gasteiger partial charge in [-0.2, -0.15) is 5.10 Å². The van der Waals surface area contributed by atoms with Gasteiger partial charge in [0, 0.05) is 56.3 Å². The average Bonchev–Trinajstić information content (AvgIpc) is 3.07. The lowest BCUT2D eigenvalue weighted by Crippen LogP contribution is -2.67. The van der Waals surface area contributed by atoms with E-state index in [9.17, 15) is 8.42 Å². The summed E-state index contributed by atoms with van der Waals surface area (Å²) in [5.41, 5.74) is 1.92. The predicted octanol–water partition coefficient (Wildman–Crippen LogP) is 0.587. The van der Waals surface area contributed by atoms with E-state index in [0.717, 1.165) is 17.8 Å². The van der Waals surface area contributed by atoms with E-state index >= 15 is 0 Å². The number of likely N-dealkylation sites (tertiary alicyclic amines) is 1. The van der Waals surface area contributed by atoms with E-state index in [2.05, 4.69) is 20.0 Å². The van der Waals surface area contributed by atoms with Gasteiger partial charge in [0.15, 0.2) is 9.84 Å². The fourth-order valence-corrected chi connectivity index (χ4v) is 6.47. The summed E-state index contributed by atoms with van der Waals surface area (Å²) in [6.07, 6.45) is 6.07. The minimum absolute atomic E-state index is 0.0261. The summed E-state index contributed by atoms with van der Waals surface area (Å²) in [4.78, 5) is 10.5. The largest absolute Gasteiger partial charge is 0.463 e. The topological polar surface area (TPSA) is 90.2 Å². The van der Waals surface area contributed by atoms with Crippen molar-refractivity contribution in [1.82, 2.24) is 24.6 Å². The van der Waals surface area contributed by atoms with Crippen LogP contribution in [0.25, 0.3) is 0 Å². The molecule has 2 fully saturated rings. The van der Waals surface area contributed by atoms with E-state index in [1.807, 2.05) is 26.4 Å². The number of sulfone groups is 1. The fourth-order valence-electron chi connectivity index (χ4n) is 4.01. The molecule has 0 amide bonds. The maximum Gasteiger partial charge on any atom is 0.316 e. The molecule has 1 atom stereocenters. The minimum atomic E-state index is -3.11. The van der Waals surface area contributed by atoms with Crippen LogP contribution in [0.4, 0.5) is 0 Å². The number of hydrogen-bond acceptors (Lipinski definition) is 7. The van der Waals surface area contributed by atoms with Crippen molar-refractivity contribution in [2.75, 3.05) is 25.4 Å². The van der Waals surface area contributed by atoms with Crippen LogP contribution in [0.1, 0.15) is 17.7 Å². The number of hydrogen-bond donors (Lipinski definition) is 0. The maximum absolute atomic E-state index is 12.7. The van der Waals surface area contributed by atoms with E-state index in [-0.39, 0.29) is 11.7 Å². The van der Waals surface area contributed by atoms with Crippen molar-refractivity contribution in [3.05, 3.63) is 35.9 Å². The Balaban J connectivity index is 1.43. The summed E-state index contributed by atoms with van der Waals surface area (Å²) in [5.74, 6) is 0.206. The highest BCUT2D eigenvalue weighted by atomic mass is 32.2. The Morgan fingerprint density at radius 2 is 2.19 bits per heavy atom. The van der Waals surface area contributed by atoms with Gasteiger partial charge in [-0.3, -0.25) is 9.58 Å². The molecule has 0 bridgehead atoms. The van der Waals surface area contributed by atoms with Crippen molar-refractivity contribution in [3.8, 4) is 6.01 Å². The molecule has 0 unspecified atom stereocenters. The van der Waals surface area contributed by atoms with Crippen molar-refractivity contribution < 1.29 is 13.2 Å². The molecular formula is C17H23N5O3S. The molecule has 8 nitrogen and oxygen atoms in total. The van der Waals surface area contributed by atoms with Crippen LogP contribution in [0.15, 0.2) is 24.7 Å². The molecule has 0 aromatic carbocycles. The molecule has 2 aliphatic rings. The molecule has 2 saturated heterocycles. The van der Waals surface area contributed by atoms with Crippen LogP contribution in [-0.4, -0.2) is 63.3 Å². The van der Waals surface area contributed by atoms with E-state index in [0.29, 0.717) is 32.1 Å². The second kappa shape index (κ2) is 6.31. The third kappa shape index (κ3) is 2.99. The maximum atomic E-state index is 12.7. The Morgan fingerprint density at radius 1 is 1.38 bits per heavy atom. The van der Waals surface area contributed by atoms with Crippen LogP contribution in [0.5, 0.6) is 6.01 Å². The molecule has 4 rings (SSSR count). The first-order valence-electron chi connectivity index (χ1n) is 8.73. The molecule has 0 radical (unpaired) electrons. The predicted molar refractivity (Wildman–Crippen MR) is 95.4 cm³/mol. The highest BCUT2D eigenvalue weighted by molar-refractivity contribution is 7.93. The summed E-state index contributed by atoms with van der Waals surface area (Å²) in [5, 5.41) is 4.17. The van der Waals surface area contributed by atoms with Gasteiger partial charge in [0.25, 0.3) is 0 Å². The van der Waals surface area contributed by atoms with Gasteiger partial charge in [-0.15, -0.1) is 0 Å². The zero-order valence-corrected chi connectivity index (χ0v) is 15.8. The third-order valence-corrected chi connectivity index (χ3v) is 8.04. The van der Waals surface area contributed by atoms with Crippen LogP contribution in [-0.2, 0) is 23.4 Å². The van der Waals surface area contributed by atoms with Gasteiger partial charge in [0.05, 0.1) is 18.6 Å². The average molecular weight is 377 g/mol. The second-order valence-corrected chi connectivity index (χ2v) is 9.78. The normalized spacial score (nSPS) is 23.8. The summed E-state index contributed by atoms with van der Waals surface area (Å²) < 4.78 is 32.2. The Labute approximate surface area is 153 Å². The summed E-state index contributed by atoms with van der Waals surface area (Å²) >= 11 is 0. The Bertz CT molecular complexity index is 905. The molecule has 2 aromatic rings. The fraction of sp³-hybridized carbons (Fsp3) is 0.588. The van der Waals surface area contributed by atoms with Gasteiger partial charge in [-0.05, 0) is 19.4 Å². The van der Waals surface area contributed by atoms with Crippen LogP contribution < -0.4 is 4.74 Å². The van der Waals surface area contributed by atoms with Crippen LogP contribution in [0.2, 0.25) is 0 Å². The van der Waals surface area contributed by atoms with E-state index < -0.39 is 14.6 Å². The lowest BCUT2D eigenvalue weighted by molar-refractivity contribution is 0.0571. The lowest BCUT2D eigenvalue weighted by atomic mass is 9.83. The number of rotatable bonds is 5. The molecule has 0 saturated carbocycles. The van der Waals surface area contributed by atoms with Gasteiger partial charge in [0.2, 0.25) is 0 Å². The summed E-state index contributed by atoms with van der Waals surface area (Å²) in [7, 11) is -1.24. The molecule has 140 valence electrons. The van der Waals surface area contributed by atoms with Gasteiger partial charge in [-0.25, -0.2) is 18.4 Å². The van der Waals surface area contributed by atoms with Crippen LogP contribution in [0, 0.1) is 12.8 Å². The van der Waals surface area contributed by atoms with Gasteiger partial charge >= 0.3 is 6.01 Å². The highest BCUT2D eigenvalue weighted by Gasteiger charge is 2.61. The van der Waals surface area contributed by atoms with Crippen molar-refractivity contribution in [2.45, 2.75) is 24.6 Å². The van der Waals surface area contributed by atoms with Crippen molar-refractivity contribution in [1.29, 1.82) is 0 Å². The summed E-state index contributed by atoms with van der Waals surface area (Å²) in [6.45, 7) is 4.03. The summed E-state index contributed by atoms with van der Waals surface area (Å²) in [6, 6.07) is 2.12. The Morgan fingerprint density at radius 3 is 2.88 bits per heavy atom. The zero-order valence-electron chi connectivity index (χ0n) is 15.0. The molecule has 2 aliphatic heterocycles. The first kappa shape index (κ1) is 17.4. The van der Waals surface area contributed by atoms with Gasteiger partial charge in [-0.1, -0.05) is 0 Å². The second-order valence-electron chi connectivity index (χ2n) is 7.33. The smallest absolute Gasteiger partial charge is 0.316 e. The van der Waals surface area contributed by atoms with Crippen molar-refractivity contribution >= 4 is 9.84 Å². The first-order valence-corrected chi connectivity index (χ1v) is 10.4. The standard InChI is InChI=1S/C17H23N5O3S/c1-13-3-5-18-16(20-13)25-10-15-4-6-26(23,24)17(15)11-22(12-17)9-14-7-19-21(2)8-14/h3,5,7-8,15H,4,6,9-12H2,1-2H3/t15-/m1/s1. The van der Waals surface area contributed by atoms with Crippen molar-refractivity contribution in [2.24, 2.45) is 13.0 Å². The lowest BCUT2D eigenvalue weighted by Gasteiger charge is -2.49. The number of ether oxygens (including phenoxy) is 1. The molecule has 1 spiro atoms. The van der Waals surface area contributed by atoms with Crippen LogP contribution >= 0.6 is 0 Å². The van der Waals surface area contributed by atoms with Crippen LogP contribution in [0.3, 0.4) is 0 Å². The number of aromatic nitrogens is 4. The molecule has 2 aromatic heterocycles. The molecule has 0 aliphatic carbocycles. The molecule has 26 heavy (non-hydrogen) atoms. The highest BCUT2D eigenvalue weighted by Crippen LogP contribution is 2.45. The van der Waals surface area contributed by atoms with E-state index in [1.165, 1.54) is 0 Å². The zero-order chi connectivity index (χ0) is 18.4. The molecule has 0 N–H and O–H groups in total. The van der Waals surface area contributed by atoms with Gasteiger partial charge in [0.1, 0.15) is 4.75 Å².